The topological polar surface area (TPSA) is 91.1 Å². The predicted molar refractivity (Wildman–Crippen MR) is 78.4 cm³/mol. The van der Waals surface area contributed by atoms with Gasteiger partial charge in [-0.15, -0.1) is 0 Å². The minimum atomic E-state index is 0.0477. The van der Waals surface area contributed by atoms with Crippen LogP contribution in [0, 0.1) is 11.3 Å². The number of hydrogen-bond donors (Lipinski definition) is 2. The van der Waals surface area contributed by atoms with Gasteiger partial charge in [0.2, 0.25) is 0 Å². The summed E-state index contributed by atoms with van der Waals surface area (Å²) >= 11 is 0. The first-order chi connectivity index (χ1) is 9.67. The highest BCUT2D eigenvalue weighted by Gasteiger charge is 2.30. The van der Waals surface area contributed by atoms with Crippen LogP contribution in [0.4, 0.5) is 11.6 Å². The van der Waals surface area contributed by atoms with E-state index in [1.165, 1.54) is 0 Å². The molecule has 1 fully saturated rings. The lowest BCUT2D eigenvalue weighted by Gasteiger charge is -2.23. The van der Waals surface area contributed by atoms with Gasteiger partial charge in [-0.1, -0.05) is 13.8 Å². The number of anilines is 2. The van der Waals surface area contributed by atoms with E-state index in [1.54, 1.807) is 4.68 Å². The highest BCUT2D eigenvalue weighted by Crippen LogP contribution is 2.33. The molecule has 110 valence electrons. The number of aromatic nitrogens is 2. The Hall–Kier alpha value is -1.74. The van der Waals surface area contributed by atoms with Gasteiger partial charge in [0, 0.05) is 6.54 Å². The first-order valence-electron chi connectivity index (χ1n) is 7.33. The molecule has 1 aromatic rings. The molecule has 1 aromatic heterocycles. The quantitative estimate of drug-likeness (QED) is 0.854. The summed E-state index contributed by atoms with van der Waals surface area (Å²) in [4.78, 5) is 2.02. The van der Waals surface area contributed by atoms with Crippen LogP contribution in [0.3, 0.4) is 0 Å². The molecule has 0 amide bonds. The molecule has 2 rings (SSSR count). The van der Waals surface area contributed by atoms with Crippen molar-refractivity contribution < 1.29 is 5.11 Å². The van der Waals surface area contributed by atoms with E-state index in [0.29, 0.717) is 17.2 Å². The Balaban J connectivity index is 2.43. The number of nitriles is 1. The fourth-order valence-corrected chi connectivity index (χ4v) is 2.96. The summed E-state index contributed by atoms with van der Waals surface area (Å²) in [5.41, 5.74) is 6.55. The van der Waals surface area contributed by atoms with Gasteiger partial charge in [-0.2, -0.15) is 10.4 Å². The van der Waals surface area contributed by atoms with Crippen molar-refractivity contribution in [3.8, 4) is 6.07 Å². The second-order valence-corrected chi connectivity index (χ2v) is 5.28. The molecular weight excluding hydrogens is 254 g/mol. The third-order valence-corrected chi connectivity index (χ3v) is 4.19. The molecule has 1 aliphatic heterocycles. The summed E-state index contributed by atoms with van der Waals surface area (Å²) < 4.78 is 1.78. The van der Waals surface area contributed by atoms with E-state index < -0.39 is 0 Å². The van der Waals surface area contributed by atoms with Crippen LogP contribution in [0.25, 0.3) is 0 Å². The molecule has 0 saturated carbocycles. The molecule has 1 saturated heterocycles. The molecule has 3 N–H and O–H groups in total. The lowest BCUT2D eigenvalue weighted by atomic mass is 10.2. The molecule has 0 aromatic carbocycles. The number of nitrogen functional groups attached to an aromatic ring is 1. The summed E-state index contributed by atoms with van der Waals surface area (Å²) in [6.45, 7) is 5.09. The van der Waals surface area contributed by atoms with Gasteiger partial charge in [-0.05, 0) is 25.7 Å². The van der Waals surface area contributed by atoms with Gasteiger partial charge in [-0.25, -0.2) is 4.68 Å². The summed E-state index contributed by atoms with van der Waals surface area (Å²) in [5.74, 6) is 1.08. The number of aliphatic hydroxyl groups is 1. The number of hydrogen-bond acceptors (Lipinski definition) is 5. The Labute approximate surface area is 119 Å². The normalized spacial score (nSPS) is 18.8. The fraction of sp³-hybridized carbons (Fsp3) is 0.714. The van der Waals surface area contributed by atoms with Crippen molar-refractivity contribution in [2.75, 3.05) is 23.8 Å². The molecule has 0 bridgehead atoms. The highest BCUT2D eigenvalue weighted by molar-refractivity contribution is 5.65. The Morgan fingerprint density at radius 1 is 1.50 bits per heavy atom. The highest BCUT2D eigenvalue weighted by atomic mass is 16.3. The average Bonchev–Trinajstić information content (AvgIpc) is 3.05. The van der Waals surface area contributed by atoms with Crippen molar-refractivity contribution in [3.05, 3.63) is 5.56 Å². The number of rotatable bonds is 5. The Bertz CT molecular complexity index is 500. The second kappa shape index (κ2) is 6.14. The van der Waals surface area contributed by atoms with Crippen LogP contribution in [0.2, 0.25) is 0 Å². The van der Waals surface area contributed by atoms with E-state index in [-0.39, 0.29) is 18.7 Å². The number of aliphatic hydroxyl groups excluding tert-OH is 1. The smallest absolute Gasteiger partial charge is 0.171 e. The minimum absolute atomic E-state index is 0.0477. The van der Waals surface area contributed by atoms with Crippen LogP contribution >= 0.6 is 0 Å². The summed E-state index contributed by atoms with van der Waals surface area (Å²) in [6.07, 6.45) is 3.79. The van der Waals surface area contributed by atoms with Crippen molar-refractivity contribution in [3.63, 3.8) is 0 Å². The molecule has 6 nitrogen and oxygen atoms in total. The first kappa shape index (κ1) is 14.7. The Morgan fingerprint density at radius 2 is 2.20 bits per heavy atom. The monoisotopic (exact) mass is 277 g/mol. The molecule has 1 aliphatic rings. The zero-order valence-corrected chi connectivity index (χ0v) is 12.2. The Morgan fingerprint density at radius 3 is 2.75 bits per heavy atom. The minimum Gasteiger partial charge on any atom is -0.394 e. The van der Waals surface area contributed by atoms with Gasteiger partial charge in [0.25, 0.3) is 0 Å². The van der Waals surface area contributed by atoms with E-state index in [2.05, 4.69) is 25.0 Å². The van der Waals surface area contributed by atoms with Crippen molar-refractivity contribution in [2.45, 2.75) is 51.6 Å². The SMILES string of the molecule is CCC(CC)n1nc(N2CCCC2CO)c(C#N)c1N. The molecule has 2 heterocycles. The van der Waals surface area contributed by atoms with E-state index in [0.717, 1.165) is 32.2 Å². The Kier molecular flexibility index (Phi) is 4.50. The molecule has 1 atom stereocenters. The maximum absolute atomic E-state index is 9.45. The van der Waals surface area contributed by atoms with Crippen LogP contribution in [0.1, 0.15) is 51.1 Å². The lowest BCUT2D eigenvalue weighted by molar-refractivity contribution is 0.265. The van der Waals surface area contributed by atoms with Gasteiger partial charge >= 0.3 is 0 Å². The molecule has 20 heavy (non-hydrogen) atoms. The first-order valence-corrected chi connectivity index (χ1v) is 7.33. The predicted octanol–water partition coefficient (Wildman–Crippen LogP) is 1.66. The van der Waals surface area contributed by atoms with Gasteiger partial charge < -0.3 is 15.7 Å². The van der Waals surface area contributed by atoms with Crippen LogP contribution < -0.4 is 10.6 Å². The average molecular weight is 277 g/mol. The molecule has 0 radical (unpaired) electrons. The van der Waals surface area contributed by atoms with Gasteiger partial charge in [-0.3, -0.25) is 0 Å². The molecule has 0 spiro atoms. The van der Waals surface area contributed by atoms with E-state index >= 15 is 0 Å². The standard InChI is InChI=1S/C14H23N5O/c1-3-10(4-2)19-13(16)12(8-15)14(17-19)18-7-5-6-11(18)9-20/h10-11,20H,3-7,9,16H2,1-2H3. The van der Waals surface area contributed by atoms with Gasteiger partial charge in [0.05, 0.1) is 18.7 Å². The maximum Gasteiger partial charge on any atom is 0.171 e. The van der Waals surface area contributed by atoms with E-state index in [9.17, 15) is 10.4 Å². The van der Waals surface area contributed by atoms with Crippen LogP contribution in [-0.4, -0.2) is 34.1 Å². The summed E-state index contributed by atoms with van der Waals surface area (Å²) in [5, 5.41) is 23.4. The van der Waals surface area contributed by atoms with E-state index in [1.807, 2.05) is 4.90 Å². The van der Waals surface area contributed by atoms with E-state index in [4.69, 9.17) is 5.73 Å². The summed E-state index contributed by atoms with van der Waals surface area (Å²) in [7, 11) is 0. The zero-order chi connectivity index (χ0) is 14.7. The van der Waals surface area contributed by atoms with Crippen molar-refractivity contribution in [2.24, 2.45) is 0 Å². The molecule has 0 aliphatic carbocycles. The van der Waals surface area contributed by atoms with Crippen LogP contribution in [0.5, 0.6) is 0 Å². The maximum atomic E-state index is 9.45. The number of nitrogens with zero attached hydrogens (tertiary/aromatic N) is 4. The van der Waals surface area contributed by atoms with Crippen molar-refractivity contribution in [1.29, 1.82) is 5.26 Å². The lowest BCUT2D eigenvalue weighted by Crippen LogP contribution is -2.33. The van der Waals surface area contributed by atoms with Crippen LogP contribution in [0.15, 0.2) is 0 Å². The zero-order valence-electron chi connectivity index (χ0n) is 12.2. The third kappa shape index (κ3) is 2.34. The number of nitrogens with two attached hydrogens (primary N) is 1. The van der Waals surface area contributed by atoms with Crippen LogP contribution in [-0.2, 0) is 0 Å². The second-order valence-electron chi connectivity index (χ2n) is 5.28. The van der Waals surface area contributed by atoms with Gasteiger partial charge in [0.15, 0.2) is 5.82 Å². The molecule has 6 heteroatoms. The van der Waals surface area contributed by atoms with Crippen molar-refractivity contribution >= 4 is 11.6 Å². The van der Waals surface area contributed by atoms with Crippen molar-refractivity contribution in [1.82, 2.24) is 9.78 Å². The largest absolute Gasteiger partial charge is 0.394 e. The third-order valence-electron chi connectivity index (χ3n) is 4.19. The molecule has 1 unspecified atom stereocenters. The van der Waals surface area contributed by atoms with Gasteiger partial charge in [0.1, 0.15) is 17.5 Å². The summed E-state index contributed by atoms with van der Waals surface area (Å²) in [6, 6.07) is 2.44. The molecular formula is C14H23N5O. The fourth-order valence-electron chi connectivity index (χ4n) is 2.96.